The zero-order valence-electron chi connectivity index (χ0n) is 18.5. The molecule has 1 aliphatic heterocycles. The molecule has 3 aromatic rings. The first kappa shape index (κ1) is 21.3. The van der Waals surface area contributed by atoms with Gasteiger partial charge in [-0.3, -0.25) is 4.79 Å². The number of hydrogen-bond donors (Lipinski definition) is 1. The minimum atomic E-state index is -0.183. The molecule has 0 bridgehead atoms. The molecule has 4 rings (SSSR count). The average Bonchev–Trinajstić information content (AvgIpc) is 3.09. The van der Waals surface area contributed by atoms with E-state index in [1.54, 1.807) is 32.4 Å². The smallest absolute Gasteiger partial charge is 0.266 e. The Balaban J connectivity index is 1.69. The highest BCUT2D eigenvalue weighted by molar-refractivity contribution is 7.20. The quantitative estimate of drug-likeness (QED) is 0.651. The highest BCUT2D eigenvalue weighted by Gasteiger charge is 2.24. The molecule has 1 saturated heterocycles. The highest BCUT2D eigenvalue weighted by atomic mass is 32.1. The van der Waals surface area contributed by atoms with Gasteiger partial charge in [-0.2, -0.15) is 0 Å². The molecule has 31 heavy (non-hydrogen) atoms. The van der Waals surface area contributed by atoms with Gasteiger partial charge in [0.05, 0.1) is 24.5 Å². The van der Waals surface area contributed by atoms with Crippen molar-refractivity contribution in [1.82, 2.24) is 14.9 Å². The lowest BCUT2D eigenvalue weighted by molar-refractivity contribution is 0.103. The number of hydrogen-bond acceptors (Lipinski definition) is 8. The number of nitrogens with zero attached hydrogens (tertiary/aromatic N) is 4. The Kier molecular flexibility index (Phi) is 5.97. The second kappa shape index (κ2) is 8.68. The maximum absolute atomic E-state index is 13.2. The molecule has 3 heterocycles. The number of likely N-dealkylation sites (N-methyl/N-ethyl adjacent to an activating group) is 1. The van der Waals surface area contributed by atoms with Crippen molar-refractivity contribution >= 4 is 39.0 Å². The predicted molar refractivity (Wildman–Crippen MR) is 124 cm³/mol. The van der Waals surface area contributed by atoms with Gasteiger partial charge >= 0.3 is 0 Å². The predicted octanol–water partition coefficient (Wildman–Crippen LogP) is 3.33. The van der Waals surface area contributed by atoms with Crippen LogP contribution < -0.4 is 19.7 Å². The van der Waals surface area contributed by atoms with Gasteiger partial charge in [-0.15, -0.1) is 11.3 Å². The number of ether oxygens (including phenoxy) is 2. The van der Waals surface area contributed by atoms with E-state index in [1.807, 2.05) is 13.8 Å². The maximum atomic E-state index is 13.2. The third-order valence-electron chi connectivity index (χ3n) is 5.50. The van der Waals surface area contributed by atoms with Crippen LogP contribution in [0.4, 0.5) is 11.5 Å². The second-order valence-electron chi connectivity index (χ2n) is 7.68. The molecule has 9 heteroatoms. The van der Waals surface area contributed by atoms with Gasteiger partial charge in [0.1, 0.15) is 28.0 Å². The first-order valence-electron chi connectivity index (χ1n) is 10.1. The average molecular weight is 442 g/mol. The van der Waals surface area contributed by atoms with E-state index >= 15 is 0 Å². The second-order valence-corrected chi connectivity index (χ2v) is 8.68. The zero-order chi connectivity index (χ0) is 22.1. The van der Waals surface area contributed by atoms with E-state index in [4.69, 9.17) is 14.5 Å². The van der Waals surface area contributed by atoms with Gasteiger partial charge < -0.3 is 24.6 Å². The Labute approximate surface area is 185 Å². The molecule has 1 fully saturated rings. The van der Waals surface area contributed by atoms with Crippen molar-refractivity contribution in [2.45, 2.75) is 13.8 Å². The summed E-state index contributed by atoms with van der Waals surface area (Å²) in [4.78, 5) is 28.6. The summed E-state index contributed by atoms with van der Waals surface area (Å²) in [6.07, 6.45) is 0. The summed E-state index contributed by atoms with van der Waals surface area (Å²) in [6, 6.07) is 5.30. The normalized spacial score (nSPS) is 14.7. The molecule has 0 aliphatic carbocycles. The topological polar surface area (TPSA) is 79.8 Å². The lowest BCUT2D eigenvalue weighted by atomic mass is 10.1. The van der Waals surface area contributed by atoms with Crippen LogP contribution in [-0.2, 0) is 0 Å². The molecular weight excluding hydrogens is 414 g/mol. The number of carbonyl (C=O) groups is 1. The van der Waals surface area contributed by atoms with Crippen molar-refractivity contribution in [1.29, 1.82) is 0 Å². The molecule has 0 saturated carbocycles. The van der Waals surface area contributed by atoms with Gasteiger partial charge in [0.25, 0.3) is 5.91 Å². The van der Waals surface area contributed by atoms with Gasteiger partial charge in [0, 0.05) is 50.1 Å². The van der Waals surface area contributed by atoms with Crippen LogP contribution in [-0.4, -0.2) is 68.2 Å². The Morgan fingerprint density at radius 1 is 1.03 bits per heavy atom. The van der Waals surface area contributed by atoms with E-state index in [-0.39, 0.29) is 5.91 Å². The van der Waals surface area contributed by atoms with E-state index in [2.05, 4.69) is 27.1 Å². The SMILES string of the molecule is COc1cc(NC(=O)c2sc3nc(C)nc(N4CCN(C)CC4)c3c2C)cc(OC)c1. The number of benzene rings is 1. The molecule has 0 radical (unpaired) electrons. The van der Waals surface area contributed by atoms with E-state index in [9.17, 15) is 4.79 Å². The van der Waals surface area contributed by atoms with Crippen molar-refractivity contribution in [2.24, 2.45) is 0 Å². The summed E-state index contributed by atoms with van der Waals surface area (Å²) in [5.74, 6) is 2.68. The first-order valence-corrected chi connectivity index (χ1v) is 11.0. The largest absolute Gasteiger partial charge is 0.497 e. The Morgan fingerprint density at radius 2 is 1.68 bits per heavy atom. The van der Waals surface area contributed by atoms with E-state index in [1.165, 1.54) is 11.3 Å². The molecule has 1 amide bonds. The summed E-state index contributed by atoms with van der Waals surface area (Å²) in [5, 5.41) is 3.94. The number of fused-ring (bicyclic) bond motifs is 1. The van der Waals surface area contributed by atoms with Gasteiger partial charge in [-0.25, -0.2) is 9.97 Å². The minimum absolute atomic E-state index is 0.183. The Morgan fingerprint density at radius 3 is 2.29 bits per heavy atom. The number of amides is 1. The molecule has 1 aliphatic rings. The zero-order valence-corrected chi connectivity index (χ0v) is 19.3. The van der Waals surface area contributed by atoms with Crippen LogP contribution >= 0.6 is 11.3 Å². The number of thiophene rings is 1. The molecule has 0 spiro atoms. The van der Waals surface area contributed by atoms with E-state index in [0.29, 0.717) is 27.9 Å². The number of nitrogens with one attached hydrogen (secondary N) is 1. The van der Waals surface area contributed by atoms with Gasteiger partial charge in [-0.05, 0) is 26.5 Å². The fraction of sp³-hybridized carbons (Fsp3) is 0.409. The van der Waals surface area contributed by atoms with Crippen molar-refractivity contribution in [3.8, 4) is 11.5 Å². The van der Waals surface area contributed by atoms with Crippen molar-refractivity contribution in [3.63, 3.8) is 0 Å². The van der Waals surface area contributed by atoms with Crippen LogP contribution in [0.25, 0.3) is 10.2 Å². The van der Waals surface area contributed by atoms with Crippen LogP contribution in [0, 0.1) is 13.8 Å². The standard InChI is InChI=1S/C22H27N5O3S/c1-13-18-20(27-8-6-26(3)7-9-27)23-14(2)24-22(18)31-19(13)21(28)25-15-10-16(29-4)12-17(11-15)30-5/h10-12H,6-9H2,1-5H3,(H,25,28). The van der Waals surface area contributed by atoms with Crippen molar-refractivity contribution < 1.29 is 14.3 Å². The Hall–Kier alpha value is -2.91. The molecule has 164 valence electrons. The van der Waals surface area contributed by atoms with Crippen molar-refractivity contribution in [2.75, 3.05) is 57.7 Å². The summed E-state index contributed by atoms with van der Waals surface area (Å²) in [7, 11) is 5.29. The number of methoxy groups -OCH3 is 2. The summed E-state index contributed by atoms with van der Waals surface area (Å²) < 4.78 is 10.6. The van der Waals surface area contributed by atoms with Gasteiger partial charge in [0.15, 0.2) is 0 Å². The fourth-order valence-electron chi connectivity index (χ4n) is 3.75. The molecule has 0 unspecified atom stereocenters. The number of carbonyl (C=O) groups excluding carboxylic acids is 1. The molecule has 8 nitrogen and oxygen atoms in total. The van der Waals surface area contributed by atoms with E-state index < -0.39 is 0 Å². The van der Waals surface area contributed by atoms with Crippen LogP contribution in [0.3, 0.4) is 0 Å². The first-order chi connectivity index (χ1) is 14.9. The lowest BCUT2D eigenvalue weighted by Crippen LogP contribution is -2.45. The molecule has 2 aromatic heterocycles. The number of aryl methyl sites for hydroxylation is 2. The van der Waals surface area contributed by atoms with Gasteiger partial charge in [-0.1, -0.05) is 0 Å². The van der Waals surface area contributed by atoms with Crippen LogP contribution in [0.15, 0.2) is 18.2 Å². The number of piperazine rings is 1. The van der Waals surface area contributed by atoms with E-state index in [0.717, 1.165) is 47.8 Å². The lowest BCUT2D eigenvalue weighted by Gasteiger charge is -2.33. The summed E-state index contributed by atoms with van der Waals surface area (Å²) in [6.45, 7) is 7.65. The highest BCUT2D eigenvalue weighted by Crippen LogP contribution is 2.36. The van der Waals surface area contributed by atoms with Crippen LogP contribution in [0.2, 0.25) is 0 Å². The number of aromatic nitrogens is 2. The van der Waals surface area contributed by atoms with Gasteiger partial charge in [0.2, 0.25) is 0 Å². The maximum Gasteiger partial charge on any atom is 0.266 e. The third kappa shape index (κ3) is 4.28. The number of anilines is 2. The minimum Gasteiger partial charge on any atom is -0.497 e. The van der Waals surface area contributed by atoms with Crippen molar-refractivity contribution in [3.05, 3.63) is 34.5 Å². The number of rotatable bonds is 5. The third-order valence-corrected chi connectivity index (χ3v) is 6.69. The Bertz CT molecular complexity index is 1100. The summed E-state index contributed by atoms with van der Waals surface area (Å²) in [5.41, 5.74) is 1.51. The molecule has 1 aromatic carbocycles. The molecule has 0 atom stereocenters. The summed E-state index contributed by atoms with van der Waals surface area (Å²) >= 11 is 1.40. The molecule has 1 N–H and O–H groups in total. The van der Waals surface area contributed by atoms with Crippen LogP contribution in [0.5, 0.6) is 11.5 Å². The molecular formula is C22H27N5O3S. The monoisotopic (exact) mass is 441 g/mol. The van der Waals surface area contributed by atoms with Crippen LogP contribution in [0.1, 0.15) is 21.1 Å². The fourth-order valence-corrected chi connectivity index (χ4v) is 4.87.